The van der Waals surface area contributed by atoms with Gasteiger partial charge >= 0.3 is 5.69 Å². The molecule has 2 aromatic heterocycles. The predicted octanol–water partition coefficient (Wildman–Crippen LogP) is -0.944. The third kappa shape index (κ3) is 2.07. The lowest BCUT2D eigenvalue weighted by molar-refractivity contribution is -0.134. The van der Waals surface area contributed by atoms with Crippen molar-refractivity contribution in [2.45, 2.75) is 19.4 Å². The fraction of sp³-hybridized carbons (Fsp3) is 0.538. The lowest BCUT2D eigenvalue weighted by atomic mass is 10.2. The van der Waals surface area contributed by atoms with Gasteiger partial charge in [-0.3, -0.25) is 18.7 Å². The number of likely N-dealkylation sites (tertiary alicyclic amines) is 1. The molecule has 8 nitrogen and oxygen atoms in total. The lowest BCUT2D eigenvalue weighted by Crippen LogP contribution is -2.42. The second-order valence-electron chi connectivity index (χ2n) is 5.30. The topological polar surface area (TPSA) is 82.1 Å². The Kier molecular flexibility index (Phi) is 3.15. The summed E-state index contributed by atoms with van der Waals surface area (Å²) in [6, 6.07) is 0. The Morgan fingerprint density at radius 3 is 2.57 bits per heavy atom. The molecule has 3 rings (SSSR count). The van der Waals surface area contributed by atoms with E-state index in [0.717, 1.165) is 24.1 Å². The molecule has 3 heterocycles. The van der Waals surface area contributed by atoms with Crippen LogP contribution >= 0.6 is 0 Å². The Hall–Kier alpha value is -2.38. The number of amides is 1. The molecule has 1 saturated heterocycles. The molecule has 0 unspecified atom stereocenters. The van der Waals surface area contributed by atoms with Crippen LogP contribution in [0.25, 0.3) is 11.2 Å². The second-order valence-corrected chi connectivity index (χ2v) is 5.30. The highest BCUT2D eigenvalue weighted by atomic mass is 16.2. The summed E-state index contributed by atoms with van der Waals surface area (Å²) in [4.78, 5) is 41.9. The highest BCUT2D eigenvalue weighted by Crippen LogP contribution is 2.10. The first-order chi connectivity index (χ1) is 10.0. The first-order valence-corrected chi connectivity index (χ1v) is 6.89. The summed E-state index contributed by atoms with van der Waals surface area (Å²) in [5, 5.41) is 0. The van der Waals surface area contributed by atoms with E-state index < -0.39 is 5.69 Å². The van der Waals surface area contributed by atoms with E-state index >= 15 is 0 Å². The van der Waals surface area contributed by atoms with Gasteiger partial charge in [-0.25, -0.2) is 9.78 Å². The fourth-order valence-corrected chi connectivity index (χ4v) is 2.51. The van der Waals surface area contributed by atoms with Gasteiger partial charge in [0.25, 0.3) is 5.56 Å². The minimum absolute atomic E-state index is 0.0877. The third-order valence-corrected chi connectivity index (χ3v) is 3.99. The highest BCUT2D eigenvalue weighted by Gasteiger charge is 2.20. The van der Waals surface area contributed by atoms with Crippen molar-refractivity contribution in [1.29, 1.82) is 0 Å². The van der Waals surface area contributed by atoms with Crippen molar-refractivity contribution in [3.63, 3.8) is 0 Å². The molecule has 0 spiro atoms. The number of hydrogen-bond acceptors (Lipinski definition) is 4. The number of fused-ring (bicyclic) bond motifs is 1. The van der Waals surface area contributed by atoms with Crippen LogP contribution in [0.4, 0.5) is 0 Å². The van der Waals surface area contributed by atoms with Gasteiger partial charge in [-0.05, 0) is 6.42 Å². The average molecular weight is 291 g/mol. The molecule has 1 amide bonds. The van der Waals surface area contributed by atoms with Gasteiger partial charge in [0.15, 0.2) is 11.2 Å². The van der Waals surface area contributed by atoms with Crippen LogP contribution in [0.1, 0.15) is 12.8 Å². The van der Waals surface area contributed by atoms with Crippen LogP contribution < -0.4 is 11.2 Å². The largest absolute Gasteiger partial charge is 0.343 e. The molecule has 0 saturated carbocycles. The van der Waals surface area contributed by atoms with E-state index in [2.05, 4.69) is 4.98 Å². The van der Waals surface area contributed by atoms with Gasteiger partial charge < -0.3 is 9.47 Å². The number of carbonyl (C=O) groups is 1. The van der Waals surface area contributed by atoms with Gasteiger partial charge in [-0.2, -0.15) is 0 Å². The summed E-state index contributed by atoms with van der Waals surface area (Å²) in [6.45, 7) is 2.03. The standard InChI is InChI=1S/C13H17N5O3/c1-15-11-10(12(20)16(2)13(15)21)18(8-14-11)7-4-9(19)17-5-3-6-17/h8H,3-7H2,1-2H3. The number of nitrogens with zero attached hydrogens (tertiary/aromatic N) is 5. The number of hydrogen-bond donors (Lipinski definition) is 0. The monoisotopic (exact) mass is 291 g/mol. The molecule has 21 heavy (non-hydrogen) atoms. The van der Waals surface area contributed by atoms with Crippen molar-refractivity contribution in [3.05, 3.63) is 27.2 Å². The van der Waals surface area contributed by atoms with Gasteiger partial charge in [-0.1, -0.05) is 0 Å². The van der Waals surface area contributed by atoms with Crippen molar-refractivity contribution >= 4 is 17.1 Å². The molecule has 1 fully saturated rings. The van der Waals surface area contributed by atoms with Crippen LogP contribution in [0, 0.1) is 0 Å². The minimum atomic E-state index is -0.408. The number of rotatable bonds is 3. The van der Waals surface area contributed by atoms with Gasteiger partial charge in [0.1, 0.15) is 0 Å². The van der Waals surface area contributed by atoms with Gasteiger partial charge in [0, 0.05) is 40.2 Å². The van der Waals surface area contributed by atoms with E-state index in [1.165, 1.54) is 17.9 Å². The third-order valence-electron chi connectivity index (χ3n) is 3.99. The Bertz CT molecular complexity index is 825. The number of imidazole rings is 1. The van der Waals surface area contributed by atoms with E-state index in [-0.39, 0.29) is 11.5 Å². The molecular formula is C13H17N5O3. The Labute approximate surface area is 120 Å². The Balaban J connectivity index is 1.95. The van der Waals surface area contributed by atoms with E-state index in [9.17, 15) is 14.4 Å². The molecule has 1 aliphatic heterocycles. The summed E-state index contributed by atoms with van der Waals surface area (Å²) in [5.74, 6) is 0.0877. The summed E-state index contributed by atoms with van der Waals surface area (Å²) in [5.41, 5.74) is -0.0908. The van der Waals surface area contributed by atoms with Crippen LogP contribution in [-0.2, 0) is 25.4 Å². The van der Waals surface area contributed by atoms with Gasteiger partial charge in [-0.15, -0.1) is 0 Å². The van der Waals surface area contributed by atoms with Crippen LogP contribution in [0.5, 0.6) is 0 Å². The normalized spacial score (nSPS) is 14.5. The zero-order chi connectivity index (χ0) is 15.1. The average Bonchev–Trinajstić information content (AvgIpc) is 2.82. The maximum Gasteiger partial charge on any atom is 0.332 e. The number of aryl methyl sites for hydroxylation is 2. The summed E-state index contributed by atoms with van der Waals surface area (Å²) < 4.78 is 4.04. The SMILES string of the molecule is Cn1c(=O)c2c(ncn2CCC(=O)N2CCC2)n(C)c1=O. The van der Waals surface area contributed by atoms with Crippen LogP contribution in [0.15, 0.2) is 15.9 Å². The highest BCUT2D eigenvalue weighted by molar-refractivity contribution is 5.77. The predicted molar refractivity (Wildman–Crippen MR) is 76.0 cm³/mol. The van der Waals surface area contributed by atoms with E-state index in [0.29, 0.717) is 24.1 Å². The first kappa shape index (κ1) is 13.6. The smallest absolute Gasteiger partial charge is 0.332 e. The van der Waals surface area contributed by atoms with E-state index in [1.807, 2.05) is 0 Å². The molecule has 1 aliphatic rings. The van der Waals surface area contributed by atoms with E-state index in [1.54, 1.807) is 16.5 Å². The summed E-state index contributed by atoms with van der Waals surface area (Å²) in [7, 11) is 3.01. The molecule has 0 radical (unpaired) electrons. The maximum absolute atomic E-state index is 12.2. The summed E-state index contributed by atoms with van der Waals surface area (Å²) in [6.07, 6.45) is 2.90. The molecule has 2 aromatic rings. The molecule has 112 valence electrons. The minimum Gasteiger partial charge on any atom is -0.343 e. The zero-order valence-electron chi connectivity index (χ0n) is 12.1. The number of carbonyl (C=O) groups excluding carboxylic acids is 1. The molecule has 0 atom stereocenters. The Morgan fingerprint density at radius 2 is 1.95 bits per heavy atom. The summed E-state index contributed by atoms with van der Waals surface area (Å²) >= 11 is 0. The molecule has 0 aliphatic carbocycles. The lowest BCUT2D eigenvalue weighted by Gasteiger charge is -2.30. The van der Waals surface area contributed by atoms with Crippen molar-refractivity contribution in [2.24, 2.45) is 14.1 Å². The van der Waals surface area contributed by atoms with Crippen LogP contribution in [-0.4, -0.2) is 42.6 Å². The molecule has 8 heteroatoms. The molecule has 0 bridgehead atoms. The van der Waals surface area contributed by atoms with Crippen LogP contribution in [0.3, 0.4) is 0 Å². The van der Waals surface area contributed by atoms with Gasteiger partial charge in [0.2, 0.25) is 5.91 Å². The van der Waals surface area contributed by atoms with E-state index in [4.69, 9.17) is 0 Å². The fourth-order valence-electron chi connectivity index (χ4n) is 2.51. The molecular weight excluding hydrogens is 274 g/mol. The zero-order valence-corrected chi connectivity index (χ0v) is 12.1. The molecule has 0 aromatic carbocycles. The van der Waals surface area contributed by atoms with Gasteiger partial charge in [0.05, 0.1) is 6.33 Å². The van der Waals surface area contributed by atoms with Crippen molar-refractivity contribution in [1.82, 2.24) is 23.6 Å². The van der Waals surface area contributed by atoms with Crippen molar-refractivity contribution < 1.29 is 4.79 Å². The maximum atomic E-state index is 12.2. The molecule has 0 N–H and O–H groups in total. The van der Waals surface area contributed by atoms with Crippen molar-refractivity contribution in [2.75, 3.05) is 13.1 Å². The second kappa shape index (κ2) is 4.87. The van der Waals surface area contributed by atoms with Crippen LogP contribution in [0.2, 0.25) is 0 Å². The Morgan fingerprint density at radius 1 is 1.24 bits per heavy atom. The quantitative estimate of drug-likeness (QED) is 0.730. The first-order valence-electron chi connectivity index (χ1n) is 6.89. The number of aromatic nitrogens is 4. The van der Waals surface area contributed by atoms with Crippen molar-refractivity contribution in [3.8, 4) is 0 Å².